The maximum Gasteiger partial charge on any atom is 0.314 e. The summed E-state index contributed by atoms with van der Waals surface area (Å²) in [5.41, 5.74) is -0.271. The molecular formula is C10H13FN4O2. The van der Waals surface area contributed by atoms with Gasteiger partial charge in [0.2, 0.25) is 5.82 Å². The van der Waals surface area contributed by atoms with E-state index in [1.807, 2.05) is 4.90 Å². The Morgan fingerprint density at radius 1 is 1.47 bits per heavy atom. The Morgan fingerprint density at radius 2 is 2.29 bits per heavy atom. The third-order valence-corrected chi connectivity index (χ3v) is 2.65. The summed E-state index contributed by atoms with van der Waals surface area (Å²) >= 11 is 0. The summed E-state index contributed by atoms with van der Waals surface area (Å²) in [6.45, 7) is 2.95. The molecule has 0 aromatic carbocycles. The number of hydrogen-bond acceptors (Lipinski definition) is 5. The smallest absolute Gasteiger partial charge is 0.314 e. The summed E-state index contributed by atoms with van der Waals surface area (Å²) in [6.07, 6.45) is 1.90. The first-order valence-corrected chi connectivity index (χ1v) is 5.44. The number of aromatic nitrogens is 1. The molecule has 0 spiro atoms. The summed E-state index contributed by atoms with van der Waals surface area (Å²) in [5.74, 6) is -0.437. The summed E-state index contributed by atoms with van der Waals surface area (Å²) in [7, 11) is 0. The Kier molecular flexibility index (Phi) is 3.48. The second-order valence-electron chi connectivity index (χ2n) is 3.84. The number of nitrogens with one attached hydrogen (secondary N) is 1. The molecule has 0 radical (unpaired) electrons. The van der Waals surface area contributed by atoms with Gasteiger partial charge in [-0.05, 0) is 13.0 Å². The number of anilines is 1. The standard InChI is InChI=1S/C10H13FN4O2/c11-8-6-9(15(16)17)10(13-7-8)14-4-1-2-12-3-5-14/h6-7,12H,1-5H2. The van der Waals surface area contributed by atoms with Gasteiger partial charge < -0.3 is 10.2 Å². The van der Waals surface area contributed by atoms with E-state index >= 15 is 0 Å². The van der Waals surface area contributed by atoms with Crippen molar-refractivity contribution in [3.05, 3.63) is 28.2 Å². The Morgan fingerprint density at radius 3 is 3.06 bits per heavy atom. The fraction of sp³-hybridized carbons (Fsp3) is 0.500. The summed E-state index contributed by atoms with van der Waals surface area (Å²) in [4.78, 5) is 15.9. The Hall–Kier alpha value is -1.76. The molecular weight excluding hydrogens is 227 g/mol. The zero-order valence-corrected chi connectivity index (χ0v) is 9.23. The van der Waals surface area contributed by atoms with Crippen molar-refractivity contribution in [2.24, 2.45) is 0 Å². The number of rotatable bonds is 2. The second-order valence-corrected chi connectivity index (χ2v) is 3.84. The zero-order chi connectivity index (χ0) is 12.3. The van der Waals surface area contributed by atoms with E-state index in [9.17, 15) is 14.5 Å². The quantitative estimate of drug-likeness (QED) is 0.615. The normalized spacial score (nSPS) is 16.6. The molecule has 1 aliphatic heterocycles. The topological polar surface area (TPSA) is 71.3 Å². The molecule has 0 atom stereocenters. The fourth-order valence-electron chi connectivity index (χ4n) is 1.86. The van der Waals surface area contributed by atoms with E-state index in [2.05, 4.69) is 10.3 Å². The average molecular weight is 240 g/mol. The van der Waals surface area contributed by atoms with Crippen LogP contribution in [0.2, 0.25) is 0 Å². The Balaban J connectivity index is 2.32. The lowest BCUT2D eigenvalue weighted by atomic mass is 10.3. The van der Waals surface area contributed by atoms with Gasteiger partial charge >= 0.3 is 5.69 Å². The van der Waals surface area contributed by atoms with Crippen LogP contribution in [-0.2, 0) is 0 Å². The SMILES string of the molecule is O=[N+]([O-])c1cc(F)cnc1N1CCCNCC1. The van der Waals surface area contributed by atoms with Crippen molar-refractivity contribution in [3.8, 4) is 0 Å². The van der Waals surface area contributed by atoms with E-state index < -0.39 is 10.7 Å². The molecule has 2 rings (SSSR count). The van der Waals surface area contributed by atoms with Crippen molar-refractivity contribution < 1.29 is 9.31 Å². The van der Waals surface area contributed by atoms with E-state index in [1.165, 1.54) is 0 Å². The van der Waals surface area contributed by atoms with Crippen LogP contribution in [0.1, 0.15) is 6.42 Å². The van der Waals surface area contributed by atoms with E-state index in [4.69, 9.17) is 0 Å². The van der Waals surface area contributed by atoms with E-state index in [0.717, 1.165) is 31.8 Å². The molecule has 0 bridgehead atoms. The molecule has 92 valence electrons. The summed E-state index contributed by atoms with van der Waals surface area (Å²) in [6, 6.07) is 0.917. The van der Waals surface area contributed by atoms with Gasteiger partial charge in [-0.2, -0.15) is 0 Å². The van der Waals surface area contributed by atoms with Crippen LogP contribution in [0.5, 0.6) is 0 Å². The van der Waals surface area contributed by atoms with Crippen LogP contribution in [0.3, 0.4) is 0 Å². The zero-order valence-electron chi connectivity index (χ0n) is 9.23. The Bertz CT molecular complexity index is 419. The minimum Gasteiger partial charge on any atom is -0.350 e. The van der Waals surface area contributed by atoms with E-state index in [0.29, 0.717) is 13.1 Å². The van der Waals surface area contributed by atoms with Gasteiger partial charge in [0.25, 0.3) is 0 Å². The van der Waals surface area contributed by atoms with Crippen molar-refractivity contribution in [3.63, 3.8) is 0 Å². The summed E-state index contributed by atoms with van der Waals surface area (Å²) in [5, 5.41) is 14.1. The maximum absolute atomic E-state index is 13.0. The lowest BCUT2D eigenvalue weighted by Crippen LogP contribution is -2.29. The van der Waals surface area contributed by atoms with Crippen molar-refractivity contribution in [1.82, 2.24) is 10.3 Å². The number of hydrogen-bond donors (Lipinski definition) is 1. The molecule has 2 heterocycles. The van der Waals surface area contributed by atoms with E-state index in [-0.39, 0.29) is 11.5 Å². The fourth-order valence-corrected chi connectivity index (χ4v) is 1.86. The first kappa shape index (κ1) is 11.7. The number of nitrogens with zero attached hydrogens (tertiary/aromatic N) is 3. The minimum absolute atomic E-state index is 0.250. The molecule has 7 heteroatoms. The predicted octanol–water partition coefficient (Wildman–Crippen LogP) is 0.929. The lowest BCUT2D eigenvalue weighted by molar-refractivity contribution is -0.384. The van der Waals surface area contributed by atoms with Crippen LogP contribution in [0.25, 0.3) is 0 Å². The molecule has 0 aliphatic carbocycles. The average Bonchev–Trinajstić information content (AvgIpc) is 2.57. The molecule has 1 saturated heterocycles. The van der Waals surface area contributed by atoms with Gasteiger partial charge in [0.05, 0.1) is 17.2 Å². The molecule has 17 heavy (non-hydrogen) atoms. The number of pyridine rings is 1. The van der Waals surface area contributed by atoms with Gasteiger partial charge in [0.1, 0.15) is 5.82 Å². The highest BCUT2D eigenvalue weighted by Gasteiger charge is 2.22. The van der Waals surface area contributed by atoms with Crippen LogP contribution in [0.15, 0.2) is 12.3 Å². The highest BCUT2D eigenvalue weighted by Crippen LogP contribution is 2.26. The molecule has 1 fully saturated rings. The van der Waals surface area contributed by atoms with Gasteiger partial charge in [-0.3, -0.25) is 10.1 Å². The largest absolute Gasteiger partial charge is 0.350 e. The first-order chi connectivity index (χ1) is 8.18. The molecule has 0 unspecified atom stereocenters. The monoisotopic (exact) mass is 240 g/mol. The summed E-state index contributed by atoms with van der Waals surface area (Å²) < 4.78 is 13.0. The van der Waals surface area contributed by atoms with Crippen molar-refractivity contribution >= 4 is 11.5 Å². The van der Waals surface area contributed by atoms with Crippen LogP contribution in [0, 0.1) is 15.9 Å². The van der Waals surface area contributed by atoms with Gasteiger partial charge in [-0.1, -0.05) is 0 Å². The van der Waals surface area contributed by atoms with Crippen LogP contribution in [-0.4, -0.2) is 36.1 Å². The highest BCUT2D eigenvalue weighted by molar-refractivity contribution is 5.57. The van der Waals surface area contributed by atoms with Crippen molar-refractivity contribution in [2.45, 2.75) is 6.42 Å². The third-order valence-electron chi connectivity index (χ3n) is 2.65. The molecule has 0 saturated carbocycles. The van der Waals surface area contributed by atoms with E-state index in [1.54, 1.807) is 0 Å². The predicted molar refractivity (Wildman–Crippen MR) is 60.5 cm³/mol. The molecule has 1 N–H and O–H groups in total. The van der Waals surface area contributed by atoms with Gasteiger partial charge in [-0.15, -0.1) is 0 Å². The van der Waals surface area contributed by atoms with Crippen molar-refractivity contribution in [2.75, 3.05) is 31.1 Å². The first-order valence-electron chi connectivity index (χ1n) is 5.44. The van der Waals surface area contributed by atoms with Gasteiger partial charge in [-0.25, -0.2) is 9.37 Å². The number of halogens is 1. The molecule has 1 aromatic heterocycles. The van der Waals surface area contributed by atoms with Gasteiger partial charge in [0, 0.05) is 19.6 Å². The van der Waals surface area contributed by atoms with Crippen molar-refractivity contribution in [1.29, 1.82) is 0 Å². The lowest BCUT2D eigenvalue weighted by Gasteiger charge is -2.20. The second kappa shape index (κ2) is 5.05. The van der Waals surface area contributed by atoms with Crippen LogP contribution >= 0.6 is 0 Å². The molecule has 1 aliphatic rings. The van der Waals surface area contributed by atoms with Crippen LogP contribution in [0.4, 0.5) is 15.9 Å². The van der Waals surface area contributed by atoms with Gasteiger partial charge in [0.15, 0.2) is 0 Å². The highest BCUT2D eigenvalue weighted by atomic mass is 19.1. The number of nitro groups is 1. The molecule has 1 aromatic rings. The molecule has 6 nitrogen and oxygen atoms in total. The maximum atomic E-state index is 13.0. The minimum atomic E-state index is -0.687. The third kappa shape index (κ3) is 2.68. The Labute approximate surface area is 97.6 Å². The van der Waals surface area contributed by atoms with Crippen LogP contribution < -0.4 is 10.2 Å². The molecule has 0 amide bonds.